The molecular weight excluding hydrogens is 302 g/mol. The molecule has 1 aromatic carbocycles. The van der Waals surface area contributed by atoms with Crippen LogP contribution in [0, 0.1) is 5.92 Å². The number of carbonyl (C=O) groups is 2. The van der Waals surface area contributed by atoms with E-state index in [1.165, 1.54) is 6.42 Å². The highest BCUT2D eigenvalue weighted by molar-refractivity contribution is 7.22. The molecule has 6 N–H and O–H groups in total. The normalized spacial score (nSPS) is 14.7. The Morgan fingerprint density at radius 2 is 1.95 bits per heavy atom. The molecule has 0 spiro atoms. The van der Waals surface area contributed by atoms with Gasteiger partial charge in [0, 0.05) is 0 Å². The van der Waals surface area contributed by atoms with Gasteiger partial charge in [0.2, 0.25) is 5.91 Å². The van der Waals surface area contributed by atoms with Crippen LogP contribution in [-0.2, 0) is 0 Å². The molecule has 22 heavy (non-hydrogen) atoms. The van der Waals surface area contributed by atoms with Crippen molar-refractivity contribution in [2.75, 3.05) is 12.3 Å². The summed E-state index contributed by atoms with van der Waals surface area (Å²) >= 11 is 1.07. The summed E-state index contributed by atoms with van der Waals surface area (Å²) in [7, 11) is 0. The number of nitrogen functional groups attached to an aromatic ring is 1. The Hall–Kier alpha value is -2.28. The molecule has 3 rings (SSSR count). The minimum atomic E-state index is -0.626. The summed E-state index contributed by atoms with van der Waals surface area (Å²) in [5.41, 5.74) is 17.3. The maximum absolute atomic E-state index is 11.6. The lowest BCUT2D eigenvalue weighted by molar-refractivity contribution is 0.0994. The Bertz CT molecular complexity index is 765. The first-order valence-electron chi connectivity index (χ1n) is 7.06. The number of benzene rings is 1. The number of thiophene rings is 1. The number of hydrogen-bond acceptors (Lipinski definition) is 5. The number of fused-ring (bicyclic) bond motifs is 1. The average molecular weight is 319 g/mol. The van der Waals surface area contributed by atoms with Crippen LogP contribution in [-0.4, -0.2) is 18.4 Å². The van der Waals surface area contributed by atoms with Gasteiger partial charge in [0.1, 0.15) is 10.6 Å². The number of primary amides is 2. The van der Waals surface area contributed by atoms with E-state index in [9.17, 15) is 9.59 Å². The van der Waals surface area contributed by atoms with E-state index in [2.05, 4.69) is 0 Å². The van der Waals surface area contributed by atoms with Crippen LogP contribution >= 0.6 is 11.3 Å². The van der Waals surface area contributed by atoms with Gasteiger partial charge in [0.15, 0.2) is 0 Å². The van der Waals surface area contributed by atoms with E-state index in [0.717, 1.165) is 24.2 Å². The molecule has 1 aliphatic carbocycles. The zero-order valence-electron chi connectivity index (χ0n) is 11.9. The summed E-state index contributed by atoms with van der Waals surface area (Å²) in [6.07, 6.45) is 3.55. The lowest BCUT2D eigenvalue weighted by Crippen LogP contribution is -2.19. The lowest BCUT2D eigenvalue weighted by atomic mass is 9.86. The summed E-state index contributed by atoms with van der Waals surface area (Å²) in [5.74, 6) is -0.0821. The van der Waals surface area contributed by atoms with Gasteiger partial charge in [-0.3, -0.25) is 9.59 Å². The van der Waals surface area contributed by atoms with E-state index in [4.69, 9.17) is 21.9 Å². The van der Waals surface area contributed by atoms with Crippen molar-refractivity contribution in [2.45, 2.75) is 19.3 Å². The molecule has 1 aromatic heterocycles. The second-order valence-electron chi connectivity index (χ2n) is 5.50. The van der Waals surface area contributed by atoms with E-state index in [0.29, 0.717) is 33.9 Å². The molecule has 6 nitrogen and oxygen atoms in total. The smallest absolute Gasteiger partial charge is 0.260 e. The van der Waals surface area contributed by atoms with Gasteiger partial charge in [-0.05, 0) is 30.9 Å². The molecule has 0 saturated heterocycles. The first-order chi connectivity index (χ1) is 10.5. The molecule has 2 amide bonds. The van der Waals surface area contributed by atoms with Gasteiger partial charge >= 0.3 is 0 Å². The highest BCUT2D eigenvalue weighted by Crippen LogP contribution is 2.42. The largest absolute Gasteiger partial charge is 0.493 e. The van der Waals surface area contributed by atoms with Crippen LogP contribution in [0.1, 0.15) is 39.3 Å². The zero-order valence-corrected chi connectivity index (χ0v) is 12.7. The maximum atomic E-state index is 11.6. The molecule has 116 valence electrons. The number of hydrogen-bond donors (Lipinski definition) is 3. The topological polar surface area (TPSA) is 121 Å². The Labute approximate surface area is 131 Å². The molecule has 0 atom stereocenters. The van der Waals surface area contributed by atoms with Gasteiger partial charge in [-0.25, -0.2) is 0 Å². The van der Waals surface area contributed by atoms with Crippen molar-refractivity contribution >= 4 is 38.9 Å². The summed E-state index contributed by atoms with van der Waals surface area (Å²) in [6.45, 7) is 0.603. The van der Waals surface area contributed by atoms with E-state index in [-0.39, 0.29) is 10.6 Å². The molecule has 1 aliphatic rings. The molecule has 0 radical (unpaired) electrons. The first-order valence-corrected chi connectivity index (χ1v) is 7.88. The van der Waals surface area contributed by atoms with E-state index < -0.39 is 11.8 Å². The summed E-state index contributed by atoms with van der Waals surface area (Å²) in [5, 5.41) is 0.550. The van der Waals surface area contributed by atoms with Crippen molar-refractivity contribution in [3.05, 3.63) is 22.6 Å². The Kier molecular flexibility index (Phi) is 3.66. The van der Waals surface area contributed by atoms with Gasteiger partial charge in [0.25, 0.3) is 5.91 Å². The summed E-state index contributed by atoms with van der Waals surface area (Å²) in [4.78, 5) is 23.3. The molecule has 2 aromatic rings. The molecule has 0 unspecified atom stereocenters. The monoisotopic (exact) mass is 319 g/mol. The van der Waals surface area contributed by atoms with Crippen LogP contribution in [0.3, 0.4) is 0 Å². The third-order valence-electron chi connectivity index (χ3n) is 4.03. The SMILES string of the molecule is NC(=O)c1sc2c(C(N)=O)ccc(OCC3CCC3)c2c1N. The number of nitrogens with two attached hydrogens (primary N) is 3. The maximum Gasteiger partial charge on any atom is 0.260 e. The average Bonchev–Trinajstić information content (AvgIpc) is 2.75. The van der Waals surface area contributed by atoms with Crippen LogP contribution in [0.5, 0.6) is 5.75 Å². The number of carbonyl (C=O) groups excluding carboxylic acids is 2. The van der Waals surface area contributed by atoms with Crippen LogP contribution in [0.15, 0.2) is 12.1 Å². The second kappa shape index (κ2) is 5.49. The fraction of sp³-hybridized carbons (Fsp3) is 0.333. The predicted octanol–water partition coefficient (Wildman–Crippen LogP) is 1.86. The molecule has 1 saturated carbocycles. The summed E-state index contributed by atoms with van der Waals surface area (Å²) < 4.78 is 6.40. The quantitative estimate of drug-likeness (QED) is 0.778. The Balaban J connectivity index is 2.09. The van der Waals surface area contributed by atoms with Crippen LogP contribution in [0.25, 0.3) is 10.1 Å². The van der Waals surface area contributed by atoms with E-state index in [1.807, 2.05) is 0 Å². The van der Waals surface area contributed by atoms with Gasteiger partial charge in [-0.1, -0.05) is 6.42 Å². The fourth-order valence-corrected chi connectivity index (χ4v) is 3.67. The Morgan fingerprint density at radius 1 is 1.23 bits per heavy atom. The highest BCUT2D eigenvalue weighted by atomic mass is 32.1. The third-order valence-corrected chi connectivity index (χ3v) is 5.28. The summed E-state index contributed by atoms with van der Waals surface area (Å²) in [6, 6.07) is 3.27. The molecule has 0 bridgehead atoms. The van der Waals surface area contributed by atoms with Crippen molar-refractivity contribution in [3.63, 3.8) is 0 Å². The molecular formula is C15H17N3O3S. The van der Waals surface area contributed by atoms with Crippen molar-refractivity contribution in [2.24, 2.45) is 17.4 Å². The molecule has 1 heterocycles. The predicted molar refractivity (Wildman–Crippen MR) is 86.1 cm³/mol. The standard InChI is InChI=1S/C15H17N3O3S/c16-11-10-9(21-6-7-2-1-3-7)5-4-8(14(17)19)12(10)22-13(11)15(18)20/h4-5,7H,1-3,6,16H2,(H2,17,19)(H2,18,20). The zero-order chi connectivity index (χ0) is 15.9. The van der Waals surface area contributed by atoms with Crippen molar-refractivity contribution in [1.82, 2.24) is 0 Å². The number of rotatable bonds is 5. The Morgan fingerprint density at radius 3 is 2.50 bits per heavy atom. The van der Waals surface area contributed by atoms with E-state index in [1.54, 1.807) is 12.1 Å². The van der Waals surface area contributed by atoms with Crippen LogP contribution in [0.4, 0.5) is 5.69 Å². The number of amides is 2. The van der Waals surface area contributed by atoms with Gasteiger partial charge in [-0.15, -0.1) is 11.3 Å². The third kappa shape index (κ3) is 2.37. The molecule has 0 aliphatic heterocycles. The minimum absolute atomic E-state index is 0.220. The minimum Gasteiger partial charge on any atom is -0.493 e. The second-order valence-corrected chi connectivity index (χ2v) is 6.52. The lowest BCUT2D eigenvalue weighted by Gasteiger charge is -2.25. The fourth-order valence-electron chi connectivity index (χ4n) is 2.56. The van der Waals surface area contributed by atoms with Gasteiger partial charge < -0.3 is 21.9 Å². The first kappa shape index (κ1) is 14.6. The van der Waals surface area contributed by atoms with Crippen LogP contribution in [0.2, 0.25) is 0 Å². The van der Waals surface area contributed by atoms with Crippen LogP contribution < -0.4 is 21.9 Å². The number of anilines is 1. The molecule has 7 heteroatoms. The van der Waals surface area contributed by atoms with Crippen molar-refractivity contribution in [1.29, 1.82) is 0 Å². The van der Waals surface area contributed by atoms with Crippen molar-refractivity contribution < 1.29 is 14.3 Å². The van der Waals surface area contributed by atoms with Gasteiger partial charge in [-0.2, -0.15) is 0 Å². The van der Waals surface area contributed by atoms with Crippen molar-refractivity contribution in [3.8, 4) is 5.75 Å². The molecule has 1 fully saturated rings. The highest BCUT2D eigenvalue weighted by Gasteiger charge is 2.23. The van der Waals surface area contributed by atoms with E-state index >= 15 is 0 Å². The number of ether oxygens (including phenoxy) is 1. The van der Waals surface area contributed by atoms with Gasteiger partial charge in [0.05, 0.1) is 27.9 Å².